The average molecular weight is 527 g/mol. The molecule has 0 saturated heterocycles. The highest BCUT2D eigenvalue weighted by Crippen LogP contribution is 2.29. The van der Waals surface area contributed by atoms with Crippen LogP contribution in [0.25, 0.3) is 16.6 Å². The van der Waals surface area contributed by atoms with E-state index in [4.69, 9.17) is 11.6 Å². The molecule has 0 spiro atoms. The van der Waals surface area contributed by atoms with Crippen LogP contribution in [0.3, 0.4) is 0 Å². The van der Waals surface area contributed by atoms with Gasteiger partial charge in [0.25, 0.3) is 0 Å². The van der Waals surface area contributed by atoms with Crippen LogP contribution in [0.5, 0.6) is 0 Å². The summed E-state index contributed by atoms with van der Waals surface area (Å²) in [6, 6.07) is 12.6. The fourth-order valence-electron chi connectivity index (χ4n) is 4.17. The lowest BCUT2D eigenvalue weighted by Gasteiger charge is -2.17. The molecule has 0 fully saturated rings. The van der Waals surface area contributed by atoms with E-state index in [2.05, 4.69) is 26.5 Å². The third kappa shape index (κ3) is 4.67. The molecule has 3 heterocycles. The molecule has 3 aromatic heterocycles. The van der Waals surface area contributed by atoms with Crippen LogP contribution >= 0.6 is 11.6 Å². The molecule has 190 valence electrons. The third-order valence-corrected chi connectivity index (χ3v) is 6.52. The van der Waals surface area contributed by atoms with Gasteiger partial charge < -0.3 is 5.32 Å². The Morgan fingerprint density at radius 2 is 1.92 bits per heavy atom. The second-order valence-electron chi connectivity index (χ2n) is 8.90. The molecule has 0 amide bonds. The van der Waals surface area contributed by atoms with Gasteiger partial charge in [0.1, 0.15) is 0 Å². The van der Waals surface area contributed by atoms with Crippen LogP contribution in [0.2, 0.25) is 5.02 Å². The molecule has 2 aromatic carbocycles. The van der Waals surface area contributed by atoms with E-state index in [1.54, 1.807) is 41.2 Å². The number of hydrogen-bond acceptors (Lipinski definition) is 7. The van der Waals surface area contributed by atoms with Crippen molar-refractivity contribution in [2.75, 3.05) is 5.32 Å². The summed E-state index contributed by atoms with van der Waals surface area (Å²) in [5.74, 6) is 0.0164. The smallest absolute Gasteiger partial charge is 0.324 e. The standard InChI is InChI=1S/C27H23ClN8O2/c1-4-34-14-20-9-24(22(28)10-23(20)33-34)31-25-32-26(37)36(21-7-16(2)12-30-13-21)27(38)35(25)15-19-8-18(11-29)6-5-17(19)3/h5-10,12-14H,4,15H2,1-3H3,(H,31,32,37). The number of aromatic nitrogens is 6. The number of nitrogens with zero attached hydrogens (tertiary/aromatic N) is 7. The van der Waals surface area contributed by atoms with Crippen LogP contribution in [0.4, 0.5) is 11.6 Å². The van der Waals surface area contributed by atoms with E-state index in [1.807, 2.05) is 33.0 Å². The number of fused-ring (bicyclic) bond motifs is 1. The minimum atomic E-state index is -0.764. The highest BCUT2D eigenvalue weighted by molar-refractivity contribution is 6.34. The van der Waals surface area contributed by atoms with Crippen molar-refractivity contribution >= 4 is 34.1 Å². The van der Waals surface area contributed by atoms with Gasteiger partial charge in [0, 0.05) is 24.3 Å². The second-order valence-corrected chi connectivity index (χ2v) is 9.30. The topological polar surface area (TPSA) is 123 Å². The Bertz CT molecular complexity index is 1860. The molecule has 0 radical (unpaired) electrons. The number of nitrogens with one attached hydrogen (secondary N) is 1. The molecule has 38 heavy (non-hydrogen) atoms. The largest absolute Gasteiger partial charge is 0.359 e. The van der Waals surface area contributed by atoms with Gasteiger partial charge in [-0.3, -0.25) is 14.2 Å². The van der Waals surface area contributed by atoms with E-state index in [9.17, 15) is 14.9 Å². The number of hydrogen-bond donors (Lipinski definition) is 1. The Morgan fingerprint density at radius 3 is 2.66 bits per heavy atom. The van der Waals surface area contributed by atoms with Gasteiger partial charge in [-0.1, -0.05) is 17.7 Å². The second kappa shape index (κ2) is 9.95. The van der Waals surface area contributed by atoms with Gasteiger partial charge in [0.05, 0.1) is 46.3 Å². The van der Waals surface area contributed by atoms with E-state index in [0.717, 1.165) is 32.2 Å². The van der Waals surface area contributed by atoms with Crippen LogP contribution in [0, 0.1) is 25.2 Å². The maximum atomic E-state index is 13.8. The maximum Gasteiger partial charge on any atom is 0.359 e. The predicted octanol–water partition coefficient (Wildman–Crippen LogP) is 4.09. The van der Waals surface area contributed by atoms with E-state index in [1.165, 1.54) is 10.8 Å². The molecule has 0 bridgehead atoms. The van der Waals surface area contributed by atoms with Crippen molar-refractivity contribution in [3.05, 3.63) is 103 Å². The van der Waals surface area contributed by atoms with E-state index < -0.39 is 11.4 Å². The van der Waals surface area contributed by atoms with Crippen LogP contribution < -0.4 is 16.7 Å². The number of aryl methyl sites for hydroxylation is 3. The molecule has 0 unspecified atom stereocenters. The van der Waals surface area contributed by atoms with Crippen LogP contribution in [-0.4, -0.2) is 28.9 Å². The summed E-state index contributed by atoms with van der Waals surface area (Å²) in [4.78, 5) is 35.3. The van der Waals surface area contributed by atoms with Gasteiger partial charge in [0.15, 0.2) is 0 Å². The summed E-state index contributed by atoms with van der Waals surface area (Å²) in [7, 11) is 0. The van der Waals surface area contributed by atoms with Crippen LogP contribution in [0.15, 0.2) is 64.6 Å². The molecule has 11 heteroatoms. The van der Waals surface area contributed by atoms with E-state index in [0.29, 0.717) is 28.5 Å². The summed E-state index contributed by atoms with van der Waals surface area (Å²) in [5, 5.41) is 18.1. The molecule has 5 rings (SSSR count). The van der Waals surface area contributed by atoms with E-state index in [-0.39, 0.29) is 12.5 Å². The zero-order chi connectivity index (χ0) is 27.0. The summed E-state index contributed by atoms with van der Waals surface area (Å²) in [5.41, 5.74) is 2.97. The molecule has 1 N–H and O–H groups in total. The van der Waals surface area contributed by atoms with Crippen LogP contribution in [-0.2, 0) is 13.1 Å². The molecule has 0 saturated carbocycles. The Kier molecular flexibility index (Phi) is 6.53. The highest BCUT2D eigenvalue weighted by atomic mass is 35.5. The lowest BCUT2D eigenvalue weighted by molar-refractivity contribution is 0.655. The first-order chi connectivity index (χ1) is 18.3. The van der Waals surface area contributed by atoms with Gasteiger partial charge in [0.2, 0.25) is 5.95 Å². The lowest BCUT2D eigenvalue weighted by atomic mass is 10.1. The van der Waals surface area contributed by atoms with Crippen molar-refractivity contribution < 1.29 is 0 Å². The van der Waals surface area contributed by atoms with Crippen molar-refractivity contribution in [1.82, 2.24) is 28.9 Å². The van der Waals surface area contributed by atoms with Gasteiger partial charge in [-0.2, -0.15) is 15.3 Å². The molecule has 0 aliphatic carbocycles. The van der Waals surface area contributed by atoms with Crippen molar-refractivity contribution in [2.45, 2.75) is 33.9 Å². The van der Waals surface area contributed by atoms with Crippen molar-refractivity contribution in [2.24, 2.45) is 0 Å². The molecular formula is C27H23ClN8O2. The third-order valence-electron chi connectivity index (χ3n) is 6.21. The minimum Gasteiger partial charge on any atom is -0.324 e. The van der Waals surface area contributed by atoms with Crippen molar-refractivity contribution in [1.29, 1.82) is 5.26 Å². The Balaban J connectivity index is 1.69. The van der Waals surface area contributed by atoms with Gasteiger partial charge in [-0.05, 0) is 67.8 Å². The maximum absolute atomic E-state index is 13.8. The number of pyridine rings is 1. The first-order valence-corrected chi connectivity index (χ1v) is 12.2. The Morgan fingerprint density at radius 1 is 1.11 bits per heavy atom. The molecule has 0 atom stereocenters. The SMILES string of the molecule is CCn1cc2cc(Nc3nc(=O)n(-c4cncc(C)c4)c(=O)n3Cc3cc(C#N)ccc3C)c(Cl)cc2n1. The number of anilines is 2. The predicted molar refractivity (Wildman–Crippen MR) is 145 cm³/mol. The van der Waals surface area contributed by atoms with Crippen molar-refractivity contribution in [3.8, 4) is 11.8 Å². The van der Waals surface area contributed by atoms with Gasteiger partial charge in [-0.25, -0.2) is 14.2 Å². The highest BCUT2D eigenvalue weighted by Gasteiger charge is 2.18. The molecule has 5 aromatic rings. The minimum absolute atomic E-state index is 0.0164. The number of rotatable bonds is 6. The number of benzene rings is 2. The number of nitriles is 1. The monoisotopic (exact) mass is 526 g/mol. The zero-order valence-corrected chi connectivity index (χ0v) is 21.7. The average Bonchev–Trinajstić information content (AvgIpc) is 3.29. The number of halogens is 1. The first-order valence-electron chi connectivity index (χ1n) is 11.9. The molecular weight excluding hydrogens is 504 g/mol. The first kappa shape index (κ1) is 24.9. The quantitative estimate of drug-likeness (QED) is 0.353. The van der Waals surface area contributed by atoms with Gasteiger partial charge >= 0.3 is 11.4 Å². The van der Waals surface area contributed by atoms with Crippen molar-refractivity contribution in [3.63, 3.8) is 0 Å². The molecule has 10 nitrogen and oxygen atoms in total. The fourth-order valence-corrected chi connectivity index (χ4v) is 4.38. The fraction of sp³-hybridized carbons (Fsp3) is 0.185. The Hall–Kier alpha value is -4.75. The normalized spacial score (nSPS) is 11.0. The summed E-state index contributed by atoms with van der Waals surface area (Å²) >= 11 is 6.55. The Labute approximate surface area is 222 Å². The summed E-state index contributed by atoms with van der Waals surface area (Å²) in [6.07, 6.45) is 4.95. The van der Waals surface area contributed by atoms with Gasteiger partial charge in [-0.15, -0.1) is 0 Å². The van der Waals surface area contributed by atoms with Crippen LogP contribution in [0.1, 0.15) is 29.2 Å². The zero-order valence-electron chi connectivity index (χ0n) is 20.9. The lowest BCUT2D eigenvalue weighted by Crippen LogP contribution is -2.42. The molecule has 0 aliphatic heterocycles. The summed E-state index contributed by atoms with van der Waals surface area (Å²) in [6.45, 7) is 6.45. The van der Waals surface area contributed by atoms with E-state index >= 15 is 0 Å². The molecule has 0 aliphatic rings. The summed E-state index contributed by atoms with van der Waals surface area (Å²) < 4.78 is 4.12.